The molecule has 1 heterocycles. The number of hydrogen-bond donors (Lipinski definition) is 2. The predicted octanol–water partition coefficient (Wildman–Crippen LogP) is 1.06. The molecule has 0 amide bonds. The zero-order valence-corrected chi connectivity index (χ0v) is 9.64. The lowest BCUT2D eigenvalue weighted by molar-refractivity contribution is 0.123. The monoisotopic (exact) mass is 219 g/mol. The molecule has 1 unspecified atom stereocenters. The van der Waals surface area contributed by atoms with Crippen molar-refractivity contribution in [2.75, 3.05) is 6.54 Å². The van der Waals surface area contributed by atoms with E-state index >= 15 is 0 Å². The molecule has 0 radical (unpaired) electrons. The summed E-state index contributed by atoms with van der Waals surface area (Å²) in [5.74, 6) is 0.233. The van der Waals surface area contributed by atoms with Gasteiger partial charge in [0.1, 0.15) is 11.8 Å². The molecule has 0 aromatic carbocycles. The minimum absolute atomic E-state index is 0.233. The normalized spacial score (nSPS) is 12.4. The van der Waals surface area contributed by atoms with Crippen LogP contribution in [0.3, 0.4) is 0 Å². The van der Waals surface area contributed by atoms with E-state index in [1.807, 2.05) is 26.0 Å². The third-order valence-corrected chi connectivity index (χ3v) is 2.44. The molecule has 16 heavy (non-hydrogen) atoms. The number of pyridine rings is 1. The van der Waals surface area contributed by atoms with E-state index in [2.05, 4.69) is 10.3 Å². The first kappa shape index (κ1) is 12.6. The van der Waals surface area contributed by atoms with Crippen LogP contribution >= 0.6 is 0 Å². The van der Waals surface area contributed by atoms with Crippen LogP contribution in [0.15, 0.2) is 18.3 Å². The fourth-order valence-corrected chi connectivity index (χ4v) is 1.27. The standard InChI is InChI=1S/C12H17N3O/c1-9(2)12(16)8-14-7-10-4-3-5-15-11(10)6-13/h3-5,9,12,14,16H,7-8H2,1-2H3. The van der Waals surface area contributed by atoms with E-state index in [-0.39, 0.29) is 12.0 Å². The summed E-state index contributed by atoms with van der Waals surface area (Å²) in [5.41, 5.74) is 1.30. The molecule has 0 bridgehead atoms. The topological polar surface area (TPSA) is 68.9 Å². The Morgan fingerprint density at radius 2 is 2.31 bits per heavy atom. The van der Waals surface area contributed by atoms with Crippen LogP contribution in [0.25, 0.3) is 0 Å². The van der Waals surface area contributed by atoms with Crippen LogP contribution < -0.4 is 5.32 Å². The van der Waals surface area contributed by atoms with E-state index in [1.165, 1.54) is 0 Å². The van der Waals surface area contributed by atoms with Crippen molar-refractivity contribution in [3.8, 4) is 6.07 Å². The minimum Gasteiger partial charge on any atom is -0.392 e. The van der Waals surface area contributed by atoms with Crippen LogP contribution in [0, 0.1) is 17.2 Å². The van der Waals surface area contributed by atoms with Gasteiger partial charge in [-0.25, -0.2) is 4.98 Å². The number of hydrogen-bond acceptors (Lipinski definition) is 4. The molecule has 0 saturated heterocycles. The molecule has 4 nitrogen and oxygen atoms in total. The van der Waals surface area contributed by atoms with Crippen LogP contribution in [0.1, 0.15) is 25.1 Å². The van der Waals surface area contributed by atoms with Crippen molar-refractivity contribution in [1.29, 1.82) is 5.26 Å². The molecule has 0 spiro atoms. The molecular weight excluding hydrogens is 202 g/mol. The number of nitriles is 1. The van der Waals surface area contributed by atoms with Crippen molar-refractivity contribution in [2.45, 2.75) is 26.5 Å². The first-order chi connectivity index (χ1) is 7.65. The highest BCUT2D eigenvalue weighted by Crippen LogP contribution is 2.04. The van der Waals surface area contributed by atoms with Gasteiger partial charge in [0.2, 0.25) is 0 Å². The Bertz CT molecular complexity index is 371. The van der Waals surface area contributed by atoms with Gasteiger partial charge in [0.05, 0.1) is 6.10 Å². The Morgan fingerprint density at radius 1 is 1.56 bits per heavy atom. The second kappa shape index (κ2) is 6.21. The van der Waals surface area contributed by atoms with Crippen LogP contribution in [0.5, 0.6) is 0 Å². The van der Waals surface area contributed by atoms with Crippen molar-refractivity contribution in [3.05, 3.63) is 29.6 Å². The summed E-state index contributed by atoms with van der Waals surface area (Å²) in [6.45, 7) is 5.02. The fraction of sp³-hybridized carbons (Fsp3) is 0.500. The zero-order valence-electron chi connectivity index (χ0n) is 9.64. The molecule has 0 aliphatic carbocycles. The van der Waals surface area contributed by atoms with Gasteiger partial charge in [0.15, 0.2) is 0 Å². The lowest BCUT2D eigenvalue weighted by Gasteiger charge is -2.15. The van der Waals surface area contributed by atoms with Gasteiger partial charge < -0.3 is 10.4 Å². The average Bonchev–Trinajstić information content (AvgIpc) is 2.29. The Balaban J connectivity index is 2.46. The van der Waals surface area contributed by atoms with Crippen molar-refractivity contribution < 1.29 is 5.11 Å². The summed E-state index contributed by atoms with van der Waals surface area (Å²) >= 11 is 0. The van der Waals surface area contributed by atoms with Crippen LogP contribution in [0.2, 0.25) is 0 Å². The van der Waals surface area contributed by atoms with Gasteiger partial charge in [-0.2, -0.15) is 5.26 Å². The molecule has 4 heteroatoms. The molecule has 0 saturated carbocycles. The van der Waals surface area contributed by atoms with Gasteiger partial charge in [-0.05, 0) is 12.0 Å². The van der Waals surface area contributed by atoms with Crippen LogP contribution in [-0.4, -0.2) is 22.7 Å². The van der Waals surface area contributed by atoms with Crippen molar-refractivity contribution >= 4 is 0 Å². The molecule has 1 aromatic heterocycles. The van der Waals surface area contributed by atoms with E-state index in [4.69, 9.17) is 5.26 Å². The third kappa shape index (κ3) is 3.61. The number of rotatable bonds is 5. The van der Waals surface area contributed by atoms with Gasteiger partial charge >= 0.3 is 0 Å². The maximum atomic E-state index is 9.59. The third-order valence-electron chi connectivity index (χ3n) is 2.44. The quantitative estimate of drug-likeness (QED) is 0.777. The number of aliphatic hydroxyl groups is 1. The molecule has 1 atom stereocenters. The van der Waals surface area contributed by atoms with Crippen molar-refractivity contribution in [1.82, 2.24) is 10.3 Å². The predicted molar refractivity (Wildman–Crippen MR) is 61.5 cm³/mol. The Labute approximate surface area is 95.9 Å². The molecule has 0 aliphatic rings. The van der Waals surface area contributed by atoms with E-state index in [0.29, 0.717) is 18.8 Å². The molecule has 1 rings (SSSR count). The minimum atomic E-state index is -0.359. The van der Waals surface area contributed by atoms with Gasteiger partial charge in [-0.3, -0.25) is 0 Å². The lowest BCUT2D eigenvalue weighted by atomic mass is 10.1. The number of aliphatic hydroxyl groups excluding tert-OH is 1. The average molecular weight is 219 g/mol. The molecule has 86 valence electrons. The Kier molecular flexibility index (Phi) is 4.90. The van der Waals surface area contributed by atoms with E-state index < -0.39 is 0 Å². The maximum Gasteiger partial charge on any atom is 0.144 e. The lowest BCUT2D eigenvalue weighted by Crippen LogP contribution is -2.30. The molecule has 1 aromatic rings. The molecule has 0 aliphatic heterocycles. The first-order valence-electron chi connectivity index (χ1n) is 5.38. The molecular formula is C12H17N3O. The van der Waals surface area contributed by atoms with Gasteiger partial charge in [0, 0.05) is 24.8 Å². The maximum absolute atomic E-state index is 9.59. The number of nitrogens with zero attached hydrogens (tertiary/aromatic N) is 2. The summed E-state index contributed by atoms with van der Waals surface area (Å²) in [6, 6.07) is 5.71. The summed E-state index contributed by atoms with van der Waals surface area (Å²) in [5, 5.41) is 21.5. The van der Waals surface area contributed by atoms with Crippen LogP contribution in [-0.2, 0) is 6.54 Å². The second-order valence-electron chi connectivity index (χ2n) is 4.07. The van der Waals surface area contributed by atoms with Gasteiger partial charge in [0.25, 0.3) is 0 Å². The second-order valence-corrected chi connectivity index (χ2v) is 4.07. The largest absolute Gasteiger partial charge is 0.392 e. The highest BCUT2D eigenvalue weighted by atomic mass is 16.3. The summed E-state index contributed by atoms with van der Waals surface area (Å²) in [7, 11) is 0. The van der Waals surface area contributed by atoms with Crippen molar-refractivity contribution in [2.24, 2.45) is 5.92 Å². The SMILES string of the molecule is CC(C)C(O)CNCc1cccnc1C#N. The summed E-state index contributed by atoms with van der Waals surface area (Å²) in [6.07, 6.45) is 1.24. The van der Waals surface area contributed by atoms with Crippen molar-refractivity contribution in [3.63, 3.8) is 0 Å². The summed E-state index contributed by atoms with van der Waals surface area (Å²) < 4.78 is 0. The fourth-order valence-electron chi connectivity index (χ4n) is 1.27. The van der Waals surface area contributed by atoms with Crippen LogP contribution in [0.4, 0.5) is 0 Å². The molecule has 0 fully saturated rings. The van der Waals surface area contributed by atoms with Gasteiger partial charge in [-0.15, -0.1) is 0 Å². The number of nitrogens with one attached hydrogen (secondary N) is 1. The highest BCUT2D eigenvalue weighted by molar-refractivity contribution is 5.30. The Hall–Kier alpha value is -1.44. The first-order valence-corrected chi connectivity index (χ1v) is 5.38. The molecule has 2 N–H and O–H groups in total. The van der Waals surface area contributed by atoms with E-state index in [0.717, 1.165) is 5.56 Å². The van der Waals surface area contributed by atoms with E-state index in [9.17, 15) is 5.11 Å². The Morgan fingerprint density at radius 3 is 2.94 bits per heavy atom. The van der Waals surface area contributed by atoms with Gasteiger partial charge in [-0.1, -0.05) is 19.9 Å². The smallest absolute Gasteiger partial charge is 0.144 e. The highest BCUT2D eigenvalue weighted by Gasteiger charge is 2.08. The van der Waals surface area contributed by atoms with E-state index in [1.54, 1.807) is 12.3 Å². The summed E-state index contributed by atoms with van der Waals surface area (Å²) in [4.78, 5) is 3.97. The number of aromatic nitrogens is 1. The zero-order chi connectivity index (χ0) is 12.0.